The molecule has 0 aromatic carbocycles. The predicted octanol–water partition coefficient (Wildman–Crippen LogP) is -0.791. The number of nitrogens with two attached hydrogens (primary N) is 1. The van der Waals surface area contributed by atoms with Gasteiger partial charge in [0.05, 0.1) is 12.2 Å². The summed E-state index contributed by atoms with van der Waals surface area (Å²) in [5.41, 5.74) is 6.37. The third kappa shape index (κ3) is 4.05. The van der Waals surface area contributed by atoms with Gasteiger partial charge in [0.25, 0.3) is 5.91 Å². The van der Waals surface area contributed by atoms with Gasteiger partial charge in [0.1, 0.15) is 5.69 Å². The van der Waals surface area contributed by atoms with Crippen molar-refractivity contribution in [1.82, 2.24) is 14.2 Å². The number of aryl methyl sites for hydroxylation is 1. The van der Waals surface area contributed by atoms with Crippen LogP contribution in [0, 0.1) is 12.8 Å². The van der Waals surface area contributed by atoms with Gasteiger partial charge in [0.15, 0.2) is 0 Å². The summed E-state index contributed by atoms with van der Waals surface area (Å²) >= 11 is 0. The molecule has 0 unspecified atom stereocenters. The van der Waals surface area contributed by atoms with Crippen molar-refractivity contribution in [3.8, 4) is 0 Å². The van der Waals surface area contributed by atoms with Crippen LogP contribution in [-0.2, 0) is 14.8 Å². The van der Waals surface area contributed by atoms with Crippen LogP contribution < -0.4 is 5.73 Å². The predicted molar refractivity (Wildman–Crippen MR) is 84.0 cm³/mol. The lowest BCUT2D eigenvalue weighted by Crippen LogP contribution is -2.41. The zero-order chi connectivity index (χ0) is 17.2. The monoisotopic (exact) mass is 340 g/mol. The van der Waals surface area contributed by atoms with Crippen LogP contribution in [0.15, 0.2) is 18.3 Å². The molecule has 1 aliphatic heterocycles. The fourth-order valence-corrected chi connectivity index (χ4v) is 3.37. The van der Waals surface area contributed by atoms with E-state index >= 15 is 0 Å². The number of pyridine rings is 1. The Morgan fingerprint density at radius 2 is 2.00 bits per heavy atom. The molecule has 1 saturated heterocycles. The maximum atomic E-state index is 12.6. The highest BCUT2D eigenvalue weighted by Gasteiger charge is 2.33. The molecule has 1 fully saturated rings. The second kappa shape index (κ2) is 6.63. The first-order chi connectivity index (χ1) is 10.7. The van der Waals surface area contributed by atoms with Crippen LogP contribution in [0.2, 0.25) is 0 Å². The first kappa shape index (κ1) is 17.4. The van der Waals surface area contributed by atoms with Crippen LogP contribution in [0.1, 0.15) is 16.1 Å². The molecule has 2 heterocycles. The average Bonchev–Trinajstić information content (AvgIpc) is 2.70. The molecule has 0 radical (unpaired) electrons. The number of amides is 2. The van der Waals surface area contributed by atoms with Crippen molar-refractivity contribution in [3.05, 3.63) is 29.6 Å². The maximum absolute atomic E-state index is 12.6. The third-order valence-corrected chi connectivity index (χ3v) is 5.12. The number of carbonyl (C=O) groups excluding carboxylic acids is 2. The van der Waals surface area contributed by atoms with Crippen LogP contribution >= 0.6 is 0 Å². The zero-order valence-electron chi connectivity index (χ0n) is 13.1. The van der Waals surface area contributed by atoms with E-state index < -0.39 is 21.8 Å². The van der Waals surface area contributed by atoms with Gasteiger partial charge in [-0.25, -0.2) is 8.42 Å². The number of carbonyl (C=O) groups is 2. The highest BCUT2D eigenvalue weighted by Crippen LogP contribution is 2.15. The van der Waals surface area contributed by atoms with Crippen molar-refractivity contribution in [2.75, 3.05) is 32.4 Å². The van der Waals surface area contributed by atoms with E-state index in [0.29, 0.717) is 5.69 Å². The molecule has 9 heteroatoms. The largest absolute Gasteiger partial charge is 0.369 e. The summed E-state index contributed by atoms with van der Waals surface area (Å²) in [6, 6.07) is 3.50. The molecule has 0 spiro atoms. The van der Waals surface area contributed by atoms with Gasteiger partial charge in [-0.3, -0.25) is 14.6 Å². The molecule has 1 aromatic heterocycles. The van der Waals surface area contributed by atoms with Crippen LogP contribution in [-0.4, -0.2) is 66.9 Å². The number of primary amides is 1. The summed E-state index contributed by atoms with van der Waals surface area (Å²) in [4.78, 5) is 29.8. The SMILES string of the molecule is Cc1cccnc1C(=O)N1CCN(S(C)(=O)=O)C[C@@H](C(N)=O)C1. The number of hydrogen-bond donors (Lipinski definition) is 1. The molecule has 0 saturated carbocycles. The van der Waals surface area contributed by atoms with Gasteiger partial charge in [0, 0.05) is 32.4 Å². The Labute approximate surface area is 135 Å². The van der Waals surface area contributed by atoms with Gasteiger partial charge in [-0.1, -0.05) is 6.07 Å². The van der Waals surface area contributed by atoms with Gasteiger partial charge in [0.2, 0.25) is 15.9 Å². The average molecular weight is 340 g/mol. The quantitative estimate of drug-likeness (QED) is 0.774. The summed E-state index contributed by atoms with van der Waals surface area (Å²) in [7, 11) is -3.47. The zero-order valence-corrected chi connectivity index (χ0v) is 13.9. The topological polar surface area (TPSA) is 114 Å². The molecule has 2 amide bonds. The molecule has 126 valence electrons. The van der Waals surface area contributed by atoms with Gasteiger partial charge >= 0.3 is 0 Å². The minimum Gasteiger partial charge on any atom is -0.369 e. The molecular weight excluding hydrogens is 320 g/mol. The van der Waals surface area contributed by atoms with Crippen LogP contribution in [0.3, 0.4) is 0 Å². The van der Waals surface area contributed by atoms with Crippen molar-refractivity contribution in [2.45, 2.75) is 6.92 Å². The molecule has 0 bridgehead atoms. The first-order valence-electron chi connectivity index (χ1n) is 7.15. The summed E-state index contributed by atoms with van der Waals surface area (Å²) in [5.74, 6) is -1.71. The molecule has 2 N–H and O–H groups in total. The van der Waals surface area contributed by atoms with E-state index in [-0.39, 0.29) is 32.1 Å². The van der Waals surface area contributed by atoms with Crippen LogP contribution in [0.25, 0.3) is 0 Å². The highest BCUT2D eigenvalue weighted by atomic mass is 32.2. The van der Waals surface area contributed by atoms with Crippen LogP contribution in [0.4, 0.5) is 0 Å². The Bertz CT molecular complexity index is 719. The number of nitrogens with zero attached hydrogens (tertiary/aromatic N) is 3. The Hall–Kier alpha value is -2.00. The van der Waals surface area contributed by atoms with E-state index in [0.717, 1.165) is 11.8 Å². The van der Waals surface area contributed by atoms with Crippen molar-refractivity contribution in [3.63, 3.8) is 0 Å². The summed E-state index contributed by atoms with van der Waals surface area (Å²) in [6.45, 7) is 2.15. The Morgan fingerprint density at radius 1 is 1.30 bits per heavy atom. The molecule has 1 aromatic rings. The Kier molecular flexibility index (Phi) is 5.00. The van der Waals surface area contributed by atoms with Crippen molar-refractivity contribution in [1.29, 1.82) is 0 Å². The van der Waals surface area contributed by atoms with E-state index in [1.807, 2.05) is 0 Å². The molecule has 0 aliphatic carbocycles. The summed E-state index contributed by atoms with van der Waals surface area (Å²) in [5, 5.41) is 0. The molecule has 1 aliphatic rings. The van der Waals surface area contributed by atoms with Crippen molar-refractivity contribution in [2.24, 2.45) is 11.7 Å². The van der Waals surface area contributed by atoms with Gasteiger partial charge in [-0.2, -0.15) is 4.31 Å². The standard InChI is InChI=1S/C14H20N4O4S/c1-10-4-3-5-16-12(10)14(20)17-6-7-18(23(2,21)22)9-11(8-17)13(15)19/h3-5,11H,6-9H2,1-2H3,(H2,15,19)/t11-/m0/s1. The van der Waals surface area contributed by atoms with Crippen LogP contribution in [0.5, 0.6) is 0 Å². The van der Waals surface area contributed by atoms with E-state index in [1.54, 1.807) is 19.1 Å². The fraction of sp³-hybridized carbons (Fsp3) is 0.500. The van der Waals surface area contributed by atoms with E-state index in [1.165, 1.54) is 15.4 Å². The lowest BCUT2D eigenvalue weighted by molar-refractivity contribution is -0.122. The number of hydrogen-bond acceptors (Lipinski definition) is 5. The van der Waals surface area contributed by atoms with E-state index in [9.17, 15) is 18.0 Å². The smallest absolute Gasteiger partial charge is 0.272 e. The highest BCUT2D eigenvalue weighted by molar-refractivity contribution is 7.88. The summed E-state index contributed by atoms with van der Waals surface area (Å²) < 4.78 is 24.7. The van der Waals surface area contributed by atoms with Crippen molar-refractivity contribution >= 4 is 21.8 Å². The molecule has 8 nitrogen and oxygen atoms in total. The minimum atomic E-state index is -3.47. The van der Waals surface area contributed by atoms with Gasteiger partial charge in [-0.15, -0.1) is 0 Å². The lowest BCUT2D eigenvalue weighted by atomic mass is 10.1. The fourth-order valence-electron chi connectivity index (χ4n) is 2.51. The lowest BCUT2D eigenvalue weighted by Gasteiger charge is -2.22. The third-order valence-electron chi connectivity index (χ3n) is 3.85. The van der Waals surface area contributed by atoms with E-state index in [4.69, 9.17) is 5.73 Å². The molecule has 23 heavy (non-hydrogen) atoms. The number of sulfonamides is 1. The number of rotatable bonds is 3. The number of aromatic nitrogens is 1. The van der Waals surface area contributed by atoms with Gasteiger partial charge in [-0.05, 0) is 18.6 Å². The normalized spacial score (nSPS) is 20.1. The second-order valence-corrected chi connectivity index (χ2v) is 7.62. The van der Waals surface area contributed by atoms with Gasteiger partial charge < -0.3 is 10.6 Å². The molecule has 2 rings (SSSR count). The van der Waals surface area contributed by atoms with Crippen molar-refractivity contribution < 1.29 is 18.0 Å². The molecule has 1 atom stereocenters. The Balaban J connectivity index is 2.28. The maximum Gasteiger partial charge on any atom is 0.272 e. The molecular formula is C14H20N4O4S. The first-order valence-corrected chi connectivity index (χ1v) is 9.00. The summed E-state index contributed by atoms with van der Waals surface area (Å²) in [6.07, 6.45) is 2.60. The second-order valence-electron chi connectivity index (χ2n) is 5.64. The Morgan fingerprint density at radius 3 is 2.57 bits per heavy atom. The van der Waals surface area contributed by atoms with E-state index in [2.05, 4.69) is 4.98 Å². The minimum absolute atomic E-state index is 0.0147.